The highest BCUT2D eigenvalue weighted by atomic mass is 35.5. The number of nitrogens with two attached hydrogens (primary N) is 1. The molecule has 0 aromatic heterocycles. The van der Waals surface area contributed by atoms with Crippen molar-refractivity contribution in [1.82, 2.24) is 0 Å². The highest BCUT2D eigenvalue weighted by molar-refractivity contribution is 7.89. The zero-order chi connectivity index (χ0) is 12.2. The Morgan fingerprint density at radius 2 is 2.12 bits per heavy atom. The number of halogens is 1. The summed E-state index contributed by atoms with van der Waals surface area (Å²) in [6.45, 7) is 0. The minimum absolute atomic E-state index is 0.0551. The molecule has 16 heavy (non-hydrogen) atoms. The van der Waals surface area contributed by atoms with Crippen molar-refractivity contribution in [3.8, 4) is 0 Å². The molecule has 0 aliphatic heterocycles. The minimum Gasteiger partial charge on any atom is -0.225 e. The summed E-state index contributed by atoms with van der Waals surface area (Å²) in [5.74, 6) is 0.763. The van der Waals surface area contributed by atoms with Crippen LogP contribution in [-0.4, -0.2) is 14.2 Å². The van der Waals surface area contributed by atoms with E-state index in [9.17, 15) is 8.42 Å². The molecule has 0 aliphatic carbocycles. The first-order valence-electron chi connectivity index (χ1n) is 4.55. The van der Waals surface area contributed by atoms with Crippen LogP contribution < -0.4 is 5.14 Å². The van der Waals surface area contributed by atoms with Gasteiger partial charge in [0.2, 0.25) is 10.0 Å². The summed E-state index contributed by atoms with van der Waals surface area (Å²) in [4.78, 5) is -0.0551. The van der Waals surface area contributed by atoms with Gasteiger partial charge < -0.3 is 0 Å². The lowest BCUT2D eigenvalue weighted by Gasteiger charge is -2.02. The number of sulfonamides is 1. The topological polar surface area (TPSA) is 60.2 Å². The molecule has 0 radical (unpaired) electrons. The second kappa shape index (κ2) is 5.72. The van der Waals surface area contributed by atoms with Gasteiger partial charge in [0.25, 0.3) is 0 Å². The predicted octanol–water partition coefficient (Wildman–Crippen LogP) is 2.32. The van der Waals surface area contributed by atoms with Crippen LogP contribution in [0.25, 0.3) is 6.08 Å². The molecule has 1 aromatic rings. The zero-order valence-electron chi connectivity index (χ0n) is 8.43. The van der Waals surface area contributed by atoms with Crippen molar-refractivity contribution in [2.24, 2.45) is 5.14 Å². The van der Waals surface area contributed by atoms with Crippen LogP contribution in [0.5, 0.6) is 0 Å². The Balaban J connectivity index is 3.01. The average molecular weight is 278 g/mol. The van der Waals surface area contributed by atoms with E-state index in [4.69, 9.17) is 16.7 Å². The third-order valence-corrected chi connectivity index (χ3v) is 3.52. The first kappa shape index (κ1) is 13.6. The van der Waals surface area contributed by atoms with Crippen molar-refractivity contribution in [2.75, 3.05) is 5.75 Å². The van der Waals surface area contributed by atoms with Gasteiger partial charge in [-0.2, -0.15) is 12.6 Å². The molecule has 0 heterocycles. The number of hydrogen-bond acceptors (Lipinski definition) is 3. The van der Waals surface area contributed by atoms with Gasteiger partial charge in [-0.15, -0.1) is 0 Å². The van der Waals surface area contributed by atoms with Crippen molar-refractivity contribution in [3.05, 3.63) is 34.9 Å². The predicted molar refractivity (Wildman–Crippen MR) is 70.3 cm³/mol. The maximum absolute atomic E-state index is 11.1. The Morgan fingerprint density at radius 3 is 2.62 bits per heavy atom. The van der Waals surface area contributed by atoms with Gasteiger partial charge in [0.1, 0.15) is 4.90 Å². The van der Waals surface area contributed by atoms with E-state index >= 15 is 0 Å². The molecule has 1 rings (SSSR count). The Hall–Kier alpha value is -0.490. The van der Waals surface area contributed by atoms with E-state index in [1.54, 1.807) is 12.1 Å². The van der Waals surface area contributed by atoms with Crippen molar-refractivity contribution in [2.45, 2.75) is 11.3 Å². The van der Waals surface area contributed by atoms with E-state index in [0.717, 1.165) is 17.7 Å². The fourth-order valence-corrected chi connectivity index (χ4v) is 2.39. The summed E-state index contributed by atoms with van der Waals surface area (Å²) < 4.78 is 22.2. The number of thiol groups is 1. The van der Waals surface area contributed by atoms with E-state index in [0.29, 0.717) is 0 Å². The molecule has 0 bridgehead atoms. The summed E-state index contributed by atoms with van der Waals surface area (Å²) in [6.07, 6.45) is 4.64. The molecular formula is C10H12ClNO2S2. The summed E-state index contributed by atoms with van der Waals surface area (Å²) in [6, 6.07) is 4.62. The molecule has 0 aliphatic rings. The standard InChI is InChI=1S/C10H12ClNO2S2/c11-9-7-8(3-1-2-6-15)4-5-10(9)16(12,13)14/h1,3-5,7,15H,2,6H2,(H2,12,13,14). The van der Waals surface area contributed by atoms with Crippen LogP contribution >= 0.6 is 24.2 Å². The van der Waals surface area contributed by atoms with Crippen molar-refractivity contribution < 1.29 is 8.42 Å². The van der Waals surface area contributed by atoms with Gasteiger partial charge in [0, 0.05) is 0 Å². The summed E-state index contributed by atoms with van der Waals surface area (Å²) in [7, 11) is -3.74. The third-order valence-electron chi connectivity index (χ3n) is 1.87. The highest BCUT2D eigenvalue weighted by Crippen LogP contribution is 2.22. The van der Waals surface area contributed by atoms with Crippen LogP contribution in [0, 0.1) is 0 Å². The van der Waals surface area contributed by atoms with E-state index in [1.807, 2.05) is 12.2 Å². The van der Waals surface area contributed by atoms with Crippen molar-refractivity contribution in [3.63, 3.8) is 0 Å². The number of benzene rings is 1. The molecule has 0 saturated carbocycles. The normalized spacial score (nSPS) is 12.2. The van der Waals surface area contributed by atoms with Gasteiger partial charge in [-0.25, -0.2) is 13.6 Å². The molecule has 0 spiro atoms. The monoisotopic (exact) mass is 277 g/mol. The number of rotatable bonds is 4. The molecule has 1 aromatic carbocycles. The van der Waals surface area contributed by atoms with Gasteiger partial charge >= 0.3 is 0 Å². The Kier molecular flexibility index (Phi) is 4.86. The van der Waals surface area contributed by atoms with Crippen molar-refractivity contribution >= 4 is 40.3 Å². The van der Waals surface area contributed by atoms with Gasteiger partial charge in [0.05, 0.1) is 5.02 Å². The Bertz CT molecular complexity index is 498. The molecule has 2 N–H and O–H groups in total. The van der Waals surface area contributed by atoms with Crippen LogP contribution in [0.15, 0.2) is 29.2 Å². The van der Waals surface area contributed by atoms with E-state index < -0.39 is 10.0 Å². The maximum Gasteiger partial charge on any atom is 0.239 e. The third kappa shape index (κ3) is 3.83. The lowest BCUT2D eigenvalue weighted by atomic mass is 10.2. The first-order chi connectivity index (χ1) is 7.45. The lowest BCUT2D eigenvalue weighted by molar-refractivity contribution is 0.598. The molecule has 6 heteroatoms. The average Bonchev–Trinajstić information content (AvgIpc) is 2.16. The maximum atomic E-state index is 11.1. The second-order valence-electron chi connectivity index (χ2n) is 3.15. The molecule has 0 atom stereocenters. The fraction of sp³-hybridized carbons (Fsp3) is 0.200. The smallest absolute Gasteiger partial charge is 0.225 e. The Labute approximate surface area is 106 Å². The van der Waals surface area contributed by atoms with E-state index in [1.165, 1.54) is 6.07 Å². The summed E-state index contributed by atoms with van der Waals surface area (Å²) in [5, 5.41) is 5.12. The SMILES string of the molecule is NS(=O)(=O)c1ccc(C=CCCS)cc1Cl. The van der Waals surface area contributed by atoms with Crippen LogP contribution in [-0.2, 0) is 10.0 Å². The lowest BCUT2D eigenvalue weighted by Crippen LogP contribution is -2.12. The van der Waals surface area contributed by atoms with Gasteiger partial charge in [-0.1, -0.05) is 29.8 Å². The van der Waals surface area contributed by atoms with Crippen LogP contribution in [0.4, 0.5) is 0 Å². The van der Waals surface area contributed by atoms with Gasteiger partial charge in [-0.05, 0) is 29.9 Å². The fourth-order valence-electron chi connectivity index (χ4n) is 1.15. The first-order valence-corrected chi connectivity index (χ1v) is 7.10. The summed E-state index contributed by atoms with van der Waals surface area (Å²) in [5.41, 5.74) is 0.833. The van der Waals surface area contributed by atoms with Crippen LogP contribution in [0.2, 0.25) is 5.02 Å². The van der Waals surface area contributed by atoms with E-state index in [-0.39, 0.29) is 9.92 Å². The molecular weight excluding hydrogens is 266 g/mol. The minimum atomic E-state index is -3.74. The molecule has 0 saturated heterocycles. The van der Waals surface area contributed by atoms with Crippen LogP contribution in [0.1, 0.15) is 12.0 Å². The summed E-state index contributed by atoms with van der Waals surface area (Å²) >= 11 is 9.89. The highest BCUT2D eigenvalue weighted by Gasteiger charge is 2.12. The molecule has 0 fully saturated rings. The number of primary sulfonamides is 1. The largest absolute Gasteiger partial charge is 0.239 e. The number of hydrogen-bond donors (Lipinski definition) is 2. The second-order valence-corrected chi connectivity index (χ2v) is 5.53. The zero-order valence-corrected chi connectivity index (χ0v) is 10.9. The number of allylic oxidation sites excluding steroid dienone is 1. The molecule has 0 amide bonds. The van der Waals surface area contributed by atoms with Gasteiger partial charge in [-0.3, -0.25) is 0 Å². The van der Waals surface area contributed by atoms with Gasteiger partial charge in [0.15, 0.2) is 0 Å². The molecule has 0 unspecified atom stereocenters. The Morgan fingerprint density at radius 1 is 1.44 bits per heavy atom. The quantitative estimate of drug-likeness (QED) is 0.830. The molecule has 3 nitrogen and oxygen atoms in total. The van der Waals surface area contributed by atoms with Crippen LogP contribution in [0.3, 0.4) is 0 Å². The van der Waals surface area contributed by atoms with E-state index in [2.05, 4.69) is 12.6 Å². The van der Waals surface area contributed by atoms with Crippen molar-refractivity contribution in [1.29, 1.82) is 0 Å². The molecule has 88 valence electrons.